The summed E-state index contributed by atoms with van der Waals surface area (Å²) < 4.78 is 0. The predicted molar refractivity (Wildman–Crippen MR) is 126 cm³/mol. The lowest BCUT2D eigenvalue weighted by molar-refractivity contribution is 0.106. The molecule has 0 saturated carbocycles. The van der Waals surface area contributed by atoms with Crippen LogP contribution in [0.5, 0.6) is 0 Å². The molecule has 1 saturated heterocycles. The average Bonchev–Trinajstić information content (AvgIpc) is 2.78. The van der Waals surface area contributed by atoms with Crippen LogP contribution in [0.2, 0.25) is 5.15 Å². The van der Waals surface area contributed by atoms with Gasteiger partial charge in [-0.25, -0.2) is 19.6 Å². The number of rotatable bonds is 2. The minimum absolute atomic E-state index is 0.0885. The number of aliphatic imine (C=N–C) groups is 1. The highest BCUT2D eigenvalue weighted by atomic mass is 35.5. The van der Waals surface area contributed by atoms with Gasteiger partial charge in [0.1, 0.15) is 11.0 Å². The van der Waals surface area contributed by atoms with E-state index in [1.807, 2.05) is 44.6 Å². The zero-order valence-electron chi connectivity index (χ0n) is 18.9. The summed E-state index contributed by atoms with van der Waals surface area (Å²) in [6, 6.07) is 3.44. The number of pyridine rings is 2. The molecule has 2 aromatic heterocycles. The molecule has 2 aliphatic heterocycles. The predicted octanol–water partition coefficient (Wildman–Crippen LogP) is 3.82. The number of aryl methyl sites for hydroxylation is 1. The van der Waals surface area contributed by atoms with Gasteiger partial charge in [-0.3, -0.25) is 9.88 Å². The third-order valence-corrected chi connectivity index (χ3v) is 6.15. The first-order valence-corrected chi connectivity index (χ1v) is 11.1. The fourth-order valence-electron chi connectivity index (χ4n) is 4.35. The van der Waals surface area contributed by atoms with Crippen molar-refractivity contribution >= 4 is 40.8 Å². The topological polar surface area (TPSA) is 102 Å². The molecule has 4 rings (SSSR count). The van der Waals surface area contributed by atoms with E-state index in [1.54, 1.807) is 23.4 Å². The van der Waals surface area contributed by atoms with Crippen molar-refractivity contribution in [2.45, 2.75) is 39.7 Å². The number of hydrogen-bond donors (Lipinski definition) is 1. The monoisotopic (exact) mass is 468 g/mol. The van der Waals surface area contributed by atoms with E-state index < -0.39 is 6.09 Å². The van der Waals surface area contributed by atoms with Crippen molar-refractivity contribution in [1.29, 1.82) is 0 Å². The molecule has 0 spiro atoms. The minimum atomic E-state index is -0.950. The maximum Gasteiger partial charge on any atom is 0.407 e. The van der Waals surface area contributed by atoms with Crippen LogP contribution in [0.3, 0.4) is 0 Å². The van der Waals surface area contributed by atoms with Gasteiger partial charge >= 0.3 is 6.09 Å². The Kier molecular flexibility index (Phi) is 6.10. The van der Waals surface area contributed by atoms with E-state index in [4.69, 9.17) is 16.6 Å². The van der Waals surface area contributed by atoms with Gasteiger partial charge in [-0.05, 0) is 31.4 Å². The molecule has 0 unspecified atom stereocenters. The molecule has 0 aromatic carbocycles. The van der Waals surface area contributed by atoms with E-state index in [2.05, 4.69) is 9.97 Å². The lowest BCUT2D eigenvalue weighted by Gasteiger charge is -2.42. The van der Waals surface area contributed by atoms with E-state index in [0.717, 1.165) is 16.9 Å². The Morgan fingerprint density at radius 2 is 2.06 bits per heavy atom. The number of carbonyl (C=O) groups is 1. The third-order valence-electron chi connectivity index (χ3n) is 5.94. The molecule has 1 N–H and O–H groups in total. The number of fused-ring (bicyclic) bond motifs is 1. The molecule has 1 fully saturated rings. The second-order valence-corrected chi connectivity index (χ2v) is 8.90. The Labute approximate surface area is 197 Å². The first kappa shape index (κ1) is 22.8. The Bertz CT molecular complexity index is 1190. The Balaban J connectivity index is 1.88. The Hall–Kier alpha value is -3.42. The second kappa shape index (κ2) is 8.84. The maximum atomic E-state index is 12.2. The summed E-state index contributed by atoms with van der Waals surface area (Å²) in [4.78, 5) is 42.3. The number of amidine groups is 1. The number of amides is 1. The van der Waals surface area contributed by atoms with E-state index >= 15 is 0 Å². The van der Waals surface area contributed by atoms with Crippen LogP contribution in [-0.2, 0) is 4.79 Å². The fraction of sp³-hybridized carbons (Fsp3) is 0.391. The highest BCUT2D eigenvalue weighted by molar-refractivity contribution is 6.30. The van der Waals surface area contributed by atoms with Crippen molar-refractivity contribution in [3.8, 4) is 0 Å². The number of carbonyl (C=O) groups excluding carboxylic acids is 1. The minimum Gasteiger partial charge on any atom is -0.465 e. The average molecular weight is 469 g/mol. The second-order valence-electron chi connectivity index (χ2n) is 8.51. The van der Waals surface area contributed by atoms with Gasteiger partial charge in [0, 0.05) is 44.1 Å². The standard InChI is InChI=1S/C23H25ClN6O3/c1-13(2)20-21(14(3)5-6-25-20)30-17-9-18(24)26-10-16(17)22(27-19(30)12-31)29-8-7-28(23(32)33)11-15(29)4/h5-6,9-10,13,15H,7-8,11H2,1-4H3,(H,32,33)/t15-/m0/s1. The number of anilines is 2. The summed E-state index contributed by atoms with van der Waals surface area (Å²) in [5.74, 6) is 2.74. The van der Waals surface area contributed by atoms with Crippen LogP contribution in [0.4, 0.5) is 16.2 Å². The van der Waals surface area contributed by atoms with Crippen molar-refractivity contribution in [2.24, 2.45) is 4.99 Å². The zero-order chi connectivity index (χ0) is 23.9. The lowest BCUT2D eigenvalue weighted by Crippen LogP contribution is -2.56. The van der Waals surface area contributed by atoms with Crippen molar-refractivity contribution in [1.82, 2.24) is 19.8 Å². The van der Waals surface area contributed by atoms with Crippen LogP contribution in [0, 0.1) is 6.92 Å². The van der Waals surface area contributed by atoms with Gasteiger partial charge in [0.15, 0.2) is 5.94 Å². The number of nitrogens with zero attached hydrogens (tertiary/aromatic N) is 6. The Morgan fingerprint density at radius 3 is 2.70 bits per heavy atom. The fourth-order valence-corrected chi connectivity index (χ4v) is 4.50. The molecule has 10 heteroatoms. The molecular formula is C23H25ClN6O3. The van der Waals surface area contributed by atoms with Crippen LogP contribution in [0.1, 0.15) is 43.5 Å². The van der Waals surface area contributed by atoms with Gasteiger partial charge < -0.3 is 14.9 Å². The molecule has 172 valence electrons. The normalized spacial score (nSPS) is 18.2. The molecule has 1 atom stereocenters. The summed E-state index contributed by atoms with van der Waals surface area (Å²) in [5.41, 5.74) is 3.88. The van der Waals surface area contributed by atoms with E-state index in [-0.39, 0.29) is 22.9 Å². The molecule has 2 aliphatic rings. The van der Waals surface area contributed by atoms with Crippen molar-refractivity contribution in [3.63, 3.8) is 0 Å². The number of hydrogen-bond acceptors (Lipinski definition) is 7. The summed E-state index contributed by atoms with van der Waals surface area (Å²) in [5, 5.41) is 9.64. The van der Waals surface area contributed by atoms with Crippen LogP contribution < -0.4 is 4.90 Å². The van der Waals surface area contributed by atoms with Gasteiger partial charge in [-0.15, -0.1) is 0 Å². The number of halogens is 1. The van der Waals surface area contributed by atoms with Crippen LogP contribution >= 0.6 is 11.6 Å². The smallest absolute Gasteiger partial charge is 0.407 e. The van der Waals surface area contributed by atoms with Gasteiger partial charge in [-0.2, -0.15) is 0 Å². The largest absolute Gasteiger partial charge is 0.465 e. The van der Waals surface area contributed by atoms with E-state index in [0.29, 0.717) is 36.7 Å². The first-order valence-electron chi connectivity index (χ1n) is 10.7. The quantitative estimate of drug-likeness (QED) is 0.528. The number of piperazine rings is 1. The van der Waals surface area contributed by atoms with Gasteiger partial charge in [-0.1, -0.05) is 25.4 Å². The maximum absolute atomic E-state index is 12.2. The van der Waals surface area contributed by atoms with Crippen LogP contribution in [0.25, 0.3) is 0 Å². The zero-order valence-corrected chi connectivity index (χ0v) is 19.7. The molecule has 0 bridgehead atoms. The lowest BCUT2D eigenvalue weighted by atomic mass is 10.0. The van der Waals surface area contributed by atoms with Crippen molar-refractivity contribution in [3.05, 3.63) is 52.3 Å². The van der Waals surface area contributed by atoms with Crippen LogP contribution in [-0.4, -0.2) is 68.4 Å². The third kappa shape index (κ3) is 4.05. The van der Waals surface area contributed by atoms with Crippen molar-refractivity contribution < 1.29 is 14.7 Å². The van der Waals surface area contributed by atoms with Crippen LogP contribution in [0.15, 0.2) is 35.3 Å². The number of carboxylic acid groups (broad SMARTS) is 1. The van der Waals surface area contributed by atoms with E-state index in [1.165, 1.54) is 4.90 Å². The SMILES string of the molecule is Cc1ccnc(C(C)C)c1N1C(=C=O)N=C(N2CCN(C(=O)O)C[C@@H]2C)c2cnc(Cl)cc21. The molecule has 33 heavy (non-hydrogen) atoms. The van der Waals surface area contributed by atoms with Gasteiger partial charge in [0.2, 0.25) is 5.82 Å². The van der Waals surface area contributed by atoms with E-state index in [9.17, 15) is 14.7 Å². The summed E-state index contributed by atoms with van der Waals surface area (Å²) in [6.45, 7) is 9.06. The molecule has 0 aliphatic carbocycles. The molecule has 1 amide bonds. The molecular weight excluding hydrogens is 444 g/mol. The molecule has 2 aromatic rings. The molecule has 0 radical (unpaired) electrons. The van der Waals surface area contributed by atoms with Gasteiger partial charge in [0.05, 0.1) is 22.6 Å². The highest BCUT2D eigenvalue weighted by Gasteiger charge is 2.36. The Morgan fingerprint density at radius 1 is 1.30 bits per heavy atom. The summed E-state index contributed by atoms with van der Waals surface area (Å²) >= 11 is 6.29. The van der Waals surface area contributed by atoms with Crippen molar-refractivity contribution in [2.75, 3.05) is 24.5 Å². The summed E-state index contributed by atoms with van der Waals surface area (Å²) in [7, 11) is 0. The highest BCUT2D eigenvalue weighted by Crippen LogP contribution is 2.42. The molecule has 9 nitrogen and oxygen atoms in total. The number of aromatic nitrogens is 2. The molecule has 4 heterocycles. The first-order chi connectivity index (χ1) is 15.7. The van der Waals surface area contributed by atoms with Gasteiger partial charge in [0.25, 0.3) is 0 Å². The summed E-state index contributed by atoms with van der Waals surface area (Å²) in [6.07, 6.45) is 2.44.